The highest BCUT2D eigenvalue weighted by molar-refractivity contribution is 7.88. The SMILES string of the molecule is O=S(=O)(Cc1c(F)cccc1F)NC[C@H]1CC=CCC1. The van der Waals surface area contributed by atoms with E-state index in [1.807, 2.05) is 6.08 Å². The maximum atomic E-state index is 13.4. The summed E-state index contributed by atoms with van der Waals surface area (Å²) >= 11 is 0. The van der Waals surface area contributed by atoms with E-state index in [0.717, 1.165) is 31.4 Å². The van der Waals surface area contributed by atoms with Gasteiger partial charge in [0.05, 0.1) is 5.75 Å². The van der Waals surface area contributed by atoms with Gasteiger partial charge in [0.25, 0.3) is 0 Å². The van der Waals surface area contributed by atoms with Gasteiger partial charge in [0.15, 0.2) is 0 Å². The van der Waals surface area contributed by atoms with Crippen LogP contribution in [0.15, 0.2) is 30.4 Å². The molecule has 0 unspecified atom stereocenters. The first kappa shape index (κ1) is 15.1. The minimum absolute atomic E-state index is 0.250. The third-order valence-corrected chi connectivity index (χ3v) is 4.64. The zero-order valence-electron chi connectivity index (χ0n) is 11.0. The fourth-order valence-corrected chi connectivity index (χ4v) is 3.45. The summed E-state index contributed by atoms with van der Waals surface area (Å²) in [6.45, 7) is 0.308. The van der Waals surface area contributed by atoms with Crippen molar-refractivity contribution in [3.8, 4) is 0 Å². The summed E-state index contributed by atoms with van der Waals surface area (Å²) in [5, 5.41) is 0. The van der Waals surface area contributed by atoms with Crippen molar-refractivity contribution in [3.63, 3.8) is 0 Å². The van der Waals surface area contributed by atoms with Crippen LogP contribution in [-0.4, -0.2) is 15.0 Å². The highest BCUT2D eigenvalue weighted by Gasteiger charge is 2.19. The molecule has 1 aromatic rings. The summed E-state index contributed by atoms with van der Waals surface area (Å²) in [6.07, 6.45) is 6.79. The average Bonchev–Trinajstić information content (AvgIpc) is 2.42. The van der Waals surface area contributed by atoms with E-state index in [1.54, 1.807) is 0 Å². The second kappa shape index (κ2) is 6.45. The summed E-state index contributed by atoms with van der Waals surface area (Å²) in [5.41, 5.74) is -0.413. The third-order valence-electron chi connectivity index (χ3n) is 3.37. The number of benzene rings is 1. The molecule has 0 amide bonds. The van der Waals surface area contributed by atoms with Crippen LogP contribution >= 0.6 is 0 Å². The van der Waals surface area contributed by atoms with Crippen molar-refractivity contribution in [2.24, 2.45) is 5.92 Å². The highest BCUT2D eigenvalue weighted by Crippen LogP contribution is 2.18. The normalized spacial score (nSPS) is 19.2. The van der Waals surface area contributed by atoms with E-state index < -0.39 is 33.0 Å². The molecule has 0 aliphatic heterocycles. The van der Waals surface area contributed by atoms with Crippen molar-refractivity contribution in [1.29, 1.82) is 0 Å². The maximum Gasteiger partial charge on any atom is 0.216 e. The van der Waals surface area contributed by atoms with Crippen molar-refractivity contribution in [2.45, 2.75) is 25.0 Å². The Morgan fingerprint density at radius 3 is 2.50 bits per heavy atom. The number of hydrogen-bond acceptors (Lipinski definition) is 2. The summed E-state index contributed by atoms with van der Waals surface area (Å²) in [6, 6.07) is 3.32. The number of sulfonamides is 1. The minimum atomic E-state index is -3.73. The summed E-state index contributed by atoms with van der Waals surface area (Å²) in [4.78, 5) is 0. The lowest BCUT2D eigenvalue weighted by Gasteiger charge is -2.18. The van der Waals surface area contributed by atoms with Crippen molar-refractivity contribution in [3.05, 3.63) is 47.5 Å². The molecule has 3 nitrogen and oxygen atoms in total. The van der Waals surface area contributed by atoms with Gasteiger partial charge in [-0.25, -0.2) is 21.9 Å². The fraction of sp³-hybridized carbons (Fsp3) is 0.429. The van der Waals surface area contributed by atoms with E-state index >= 15 is 0 Å². The van der Waals surface area contributed by atoms with Crippen LogP contribution in [-0.2, 0) is 15.8 Å². The molecule has 0 saturated carbocycles. The average molecular weight is 301 g/mol. The van der Waals surface area contributed by atoms with Crippen LogP contribution in [0.5, 0.6) is 0 Å². The van der Waals surface area contributed by atoms with Crippen LogP contribution < -0.4 is 4.72 Å². The zero-order valence-corrected chi connectivity index (χ0v) is 11.8. The molecule has 6 heteroatoms. The van der Waals surface area contributed by atoms with E-state index in [9.17, 15) is 17.2 Å². The van der Waals surface area contributed by atoms with Gasteiger partial charge >= 0.3 is 0 Å². The molecule has 0 fully saturated rings. The number of nitrogens with one attached hydrogen (secondary N) is 1. The summed E-state index contributed by atoms with van der Waals surface area (Å²) in [7, 11) is -3.73. The van der Waals surface area contributed by atoms with Gasteiger partial charge in [-0.15, -0.1) is 0 Å². The number of hydrogen-bond donors (Lipinski definition) is 1. The van der Waals surface area contributed by atoms with E-state index in [1.165, 1.54) is 6.07 Å². The van der Waals surface area contributed by atoms with E-state index in [2.05, 4.69) is 10.8 Å². The molecule has 1 N–H and O–H groups in total. The molecular weight excluding hydrogens is 284 g/mol. The highest BCUT2D eigenvalue weighted by atomic mass is 32.2. The fourth-order valence-electron chi connectivity index (χ4n) is 2.20. The largest absolute Gasteiger partial charge is 0.216 e. The standard InChI is InChI=1S/C14H17F2NO2S/c15-13-7-4-8-14(16)12(13)10-20(18,19)17-9-11-5-2-1-3-6-11/h1-2,4,7-8,11,17H,3,5-6,9-10H2/t11-/m0/s1. The third kappa shape index (κ3) is 4.11. The van der Waals surface area contributed by atoms with Crippen molar-refractivity contribution in [2.75, 3.05) is 6.54 Å². The monoisotopic (exact) mass is 301 g/mol. The Kier molecular flexibility index (Phi) is 4.88. The van der Waals surface area contributed by atoms with Crippen LogP contribution in [0.1, 0.15) is 24.8 Å². The lowest BCUT2D eigenvalue weighted by atomic mass is 9.95. The minimum Gasteiger partial charge on any atom is -0.215 e. The molecule has 20 heavy (non-hydrogen) atoms. The Morgan fingerprint density at radius 1 is 1.20 bits per heavy atom. The van der Waals surface area contributed by atoms with Gasteiger partial charge in [-0.05, 0) is 37.3 Å². The Labute approximate surface area is 117 Å². The molecule has 0 saturated heterocycles. The van der Waals surface area contributed by atoms with E-state index in [-0.39, 0.29) is 5.92 Å². The van der Waals surface area contributed by atoms with E-state index in [4.69, 9.17) is 0 Å². The van der Waals surface area contributed by atoms with Gasteiger partial charge in [0.1, 0.15) is 11.6 Å². The molecule has 110 valence electrons. The zero-order chi connectivity index (χ0) is 14.6. The molecule has 1 aliphatic rings. The quantitative estimate of drug-likeness (QED) is 0.850. The predicted octanol–water partition coefficient (Wildman–Crippen LogP) is 2.74. The first-order valence-electron chi connectivity index (χ1n) is 6.53. The van der Waals surface area contributed by atoms with E-state index in [0.29, 0.717) is 6.54 Å². The van der Waals surface area contributed by atoms with Gasteiger partial charge in [-0.3, -0.25) is 0 Å². The van der Waals surface area contributed by atoms with Crippen LogP contribution in [0.3, 0.4) is 0 Å². The van der Waals surface area contributed by atoms with Gasteiger partial charge in [-0.2, -0.15) is 0 Å². The van der Waals surface area contributed by atoms with Crippen LogP contribution in [0, 0.1) is 17.6 Å². The van der Waals surface area contributed by atoms with Crippen molar-refractivity contribution >= 4 is 10.0 Å². The van der Waals surface area contributed by atoms with Gasteiger partial charge in [0, 0.05) is 12.1 Å². The topological polar surface area (TPSA) is 46.2 Å². The number of allylic oxidation sites excluding steroid dienone is 2. The lowest BCUT2D eigenvalue weighted by molar-refractivity contribution is 0.467. The Bertz CT molecular complexity index is 579. The molecule has 1 aliphatic carbocycles. The number of halogens is 2. The molecule has 0 bridgehead atoms. The first-order valence-corrected chi connectivity index (χ1v) is 8.18. The molecule has 0 spiro atoms. The second-order valence-corrected chi connectivity index (χ2v) is 6.77. The predicted molar refractivity (Wildman–Crippen MR) is 73.5 cm³/mol. The van der Waals surface area contributed by atoms with Gasteiger partial charge < -0.3 is 0 Å². The van der Waals surface area contributed by atoms with Crippen molar-refractivity contribution < 1.29 is 17.2 Å². The summed E-state index contributed by atoms with van der Waals surface area (Å²) in [5.74, 6) is -2.10. The number of rotatable bonds is 5. The van der Waals surface area contributed by atoms with Crippen LogP contribution in [0.2, 0.25) is 0 Å². The Hall–Kier alpha value is -1.27. The molecule has 0 aromatic heterocycles. The second-order valence-electron chi connectivity index (χ2n) is 4.96. The molecule has 0 heterocycles. The Morgan fingerprint density at radius 2 is 1.90 bits per heavy atom. The molecular formula is C14H17F2NO2S. The van der Waals surface area contributed by atoms with Crippen LogP contribution in [0.4, 0.5) is 8.78 Å². The molecule has 1 aromatic carbocycles. The lowest BCUT2D eigenvalue weighted by Crippen LogP contribution is -2.31. The van der Waals surface area contributed by atoms with Gasteiger partial charge in [0.2, 0.25) is 10.0 Å². The van der Waals surface area contributed by atoms with Crippen LogP contribution in [0.25, 0.3) is 0 Å². The van der Waals surface area contributed by atoms with Gasteiger partial charge in [-0.1, -0.05) is 18.2 Å². The Balaban J connectivity index is 1.98. The molecule has 1 atom stereocenters. The molecule has 0 radical (unpaired) electrons. The maximum absolute atomic E-state index is 13.4. The first-order chi connectivity index (χ1) is 9.48. The molecule has 2 rings (SSSR count). The smallest absolute Gasteiger partial charge is 0.215 e. The van der Waals surface area contributed by atoms with Crippen molar-refractivity contribution in [1.82, 2.24) is 4.72 Å². The summed E-state index contributed by atoms with van der Waals surface area (Å²) < 4.78 is 53.1.